The van der Waals surface area contributed by atoms with E-state index in [1.54, 1.807) is 0 Å². The van der Waals surface area contributed by atoms with Gasteiger partial charge in [0.1, 0.15) is 29.5 Å². The molecule has 1 N–H and O–H groups in total. The molecule has 3 heterocycles. The number of epoxide rings is 2. The Morgan fingerprint density at radius 1 is 1.45 bits per heavy atom. The van der Waals surface area contributed by atoms with Gasteiger partial charge in [0.25, 0.3) is 0 Å². The average molecular weight is 278 g/mol. The summed E-state index contributed by atoms with van der Waals surface area (Å²) in [6, 6.07) is 0. The standard InChI is InChI=1S/C15H18O5/c1-6(2)8-7-4-13(3)14(5-18-14)10-11(20-10)15(13,17)9(8)12(16)19-7/h7-11,17H,1,4-5H2,2-3H3/t7-,8+,9-,10-,11-,13+,14+,15+/m0/s1. The summed E-state index contributed by atoms with van der Waals surface area (Å²) in [6.45, 7) is 8.55. The van der Waals surface area contributed by atoms with E-state index in [1.807, 2.05) is 13.8 Å². The molecule has 5 rings (SSSR count). The predicted molar refractivity (Wildman–Crippen MR) is 66.7 cm³/mol. The van der Waals surface area contributed by atoms with Crippen molar-refractivity contribution in [2.24, 2.45) is 17.3 Å². The number of rotatable bonds is 1. The first-order chi connectivity index (χ1) is 9.37. The largest absolute Gasteiger partial charge is 0.461 e. The van der Waals surface area contributed by atoms with E-state index in [4.69, 9.17) is 14.2 Å². The van der Waals surface area contributed by atoms with E-state index in [0.29, 0.717) is 13.0 Å². The molecule has 8 atom stereocenters. The van der Waals surface area contributed by atoms with Crippen LogP contribution in [0.15, 0.2) is 12.2 Å². The highest BCUT2D eigenvalue weighted by molar-refractivity contribution is 5.79. The maximum Gasteiger partial charge on any atom is 0.313 e. The molecule has 0 amide bonds. The maximum atomic E-state index is 12.3. The van der Waals surface area contributed by atoms with Gasteiger partial charge >= 0.3 is 5.97 Å². The average Bonchev–Trinajstić information content (AvgIpc) is 3.20. The summed E-state index contributed by atoms with van der Waals surface area (Å²) in [4.78, 5) is 12.3. The Labute approximate surface area is 116 Å². The van der Waals surface area contributed by atoms with Crippen LogP contribution in [-0.2, 0) is 19.0 Å². The Morgan fingerprint density at radius 2 is 2.15 bits per heavy atom. The minimum atomic E-state index is -1.19. The molecule has 0 aromatic heterocycles. The molecule has 2 bridgehead atoms. The van der Waals surface area contributed by atoms with Gasteiger partial charge in [0.15, 0.2) is 0 Å². The lowest BCUT2D eigenvalue weighted by Gasteiger charge is -2.51. The van der Waals surface area contributed by atoms with Crippen molar-refractivity contribution in [1.82, 2.24) is 0 Å². The molecule has 5 heteroatoms. The van der Waals surface area contributed by atoms with E-state index in [-0.39, 0.29) is 30.2 Å². The Balaban J connectivity index is 1.72. The van der Waals surface area contributed by atoms with E-state index < -0.39 is 22.5 Å². The van der Waals surface area contributed by atoms with Gasteiger partial charge in [-0.25, -0.2) is 0 Å². The molecule has 0 unspecified atom stereocenters. The van der Waals surface area contributed by atoms with Crippen LogP contribution in [0, 0.1) is 17.3 Å². The molecule has 5 fully saturated rings. The summed E-state index contributed by atoms with van der Waals surface area (Å²) in [5, 5.41) is 11.5. The monoisotopic (exact) mass is 278 g/mol. The summed E-state index contributed by atoms with van der Waals surface area (Å²) < 4.78 is 17.0. The van der Waals surface area contributed by atoms with Crippen molar-refractivity contribution in [1.29, 1.82) is 0 Å². The number of aliphatic hydroxyl groups is 1. The molecule has 2 aliphatic carbocycles. The van der Waals surface area contributed by atoms with Crippen molar-refractivity contribution in [2.75, 3.05) is 6.61 Å². The molecule has 20 heavy (non-hydrogen) atoms. The van der Waals surface area contributed by atoms with Gasteiger partial charge in [-0.05, 0) is 13.3 Å². The fourth-order valence-electron chi connectivity index (χ4n) is 5.47. The minimum Gasteiger partial charge on any atom is -0.461 e. The topological polar surface area (TPSA) is 71.6 Å². The summed E-state index contributed by atoms with van der Waals surface area (Å²) in [7, 11) is 0. The lowest BCUT2D eigenvalue weighted by molar-refractivity contribution is -0.185. The SMILES string of the molecule is C=C(C)[C@@H]1[C@@H]2C[C@@]3(C)[C@@](O)([C@@H]1C(=O)O2)[C@H]1O[C@@H]1[C@]31CO1. The van der Waals surface area contributed by atoms with E-state index in [2.05, 4.69) is 6.58 Å². The Bertz CT molecular complexity index is 567. The van der Waals surface area contributed by atoms with Gasteiger partial charge < -0.3 is 19.3 Å². The number of carbonyl (C=O) groups excluding carboxylic acids is 1. The van der Waals surface area contributed by atoms with Gasteiger partial charge in [-0.1, -0.05) is 19.1 Å². The molecular formula is C15H18O5. The zero-order chi connectivity index (χ0) is 14.1. The van der Waals surface area contributed by atoms with Crippen molar-refractivity contribution < 1.29 is 24.1 Å². The van der Waals surface area contributed by atoms with E-state index in [9.17, 15) is 9.90 Å². The lowest BCUT2D eigenvalue weighted by Crippen LogP contribution is -2.64. The number of fused-ring (bicyclic) bond motifs is 8. The van der Waals surface area contributed by atoms with Gasteiger partial charge in [0.05, 0.1) is 12.5 Å². The van der Waals surface area contributed by atoms with Crippen molar-refractivity contribution >= 4 is 5.97 Å². The van der Waals surface area contributed by atoms with Crippen LogP contribution >= 0.6 is 0 Å². The highest BCUT2D eigenvalue weighted by Gasteiger charge is 2.92. The third-order valence-corrected chi connectivity index (χ3v) is 6.59. The van der Waals surface area contributed by atoms with Crippen molar-refractivity contribution in [2.45, 2.75) is 49.8 Å². The zero-order valence-electron chi connectivity index (χ0n) is 11.6. The van der Waals surface area contributed by atoms with E-state index in [1.165, 1.54) is 0 Å². The summed E-state index contributed by atoms with van der Waals surface area (Å²) in [5.41, 5.74) is -1.17. The number of carbonyl (C=O) groups is 1. The van der Waals surface area contributed by atoms with E-state index >= 15 is 0 Å². The first-order valence-electron chi connectivity index (χ1n) is 7.24. The van der Waals surface area contributed by atoms with Crippen molar-refractivity contribution in [3.8, 4) is 0 Å². The van der Waals surface area contributed by atoms with Crippen LogP contribution in [0.1, 0.15) is 20.3 Å². The molecule has 3 saturated heterocycles. The van der Waals surface area contributed by atoms with E-state index in [0.717, 1.165) is 5.57 Å². The Morgan fingerprint density at radius 3 is 2.75 bits per heavy atom. The third kappa shape index (κ3) is 0.875. The Hall–Kier alpha value is -0.910. The number of ether oxygens (including phenoxy) is 3. The predicted octanol–water partition coefficient (Wildman–Crippen LogP) is 0.411. The molecule has 5 aliphatic rings. The van der Waals surface area contributed by atoms with Gasteiger partial charge in [0, 0.05) is 11.3 Å². The normalized spacial score (nSPS) is 64.8. The van der Waals surface area contributed by atoms with Gasteiger partial charge in [-0.15, -0.1) is 0 Å². The fraction of sp³-hybridized carbons (Fsp3) is 0.800. The second-order valence-electron chi connectivity index (χ2n) is 7.34. The van der Waals surface area contributed by atoms with Crippen LogP contribution in [0.2, 0.25) is 0 Å². The van der Waals surface area contributed by atoms with Crippen molar-refractivity contribution in [3.63, 3.8) is 0 Å². The quantitative estimate of drug-likeness (QED) is 0.427. The summed E-state index contributed by atoms with van der Waals surface area (Å²) >= 11 is 0. The molecule has 3 aliphatic heterocycles. The number of esters is 1. The second-order valence-corrected chi connectivity index (χ2v) is 7.34. The summed E-state index contributed by atoms with van der Waals surface area (Å²) in [5.74, 6) is -0.983. The first-order valence-corrected chi connectivity index (χ1v) is 7.24. The highest BCUT2D eigenvalue weighted by Crippen LogP contribution is 2.76. The molecule has 108 valence electrons. The summed E-state index contributed by atoms with van der Waals surface area (Å²) in [6.07, 6.45) is 0.0809. The number of hydrogen-bond donors (Lipinski definition) is 1. The maximum absolute atomic E-state index is 12.3. The molecule has 2 saturated carbocycles. The van der Waals surface area contributed by atoms with Gasteiger partial charge in [0.2, 0.25) is 0 Å². The fourth-order valence-corrected chi connectivity index (χ4v) is 5.47. The highest BCUT2D eigenvalue weighted by atomic mass is 16.7. The van der Waals surface area contributed by atoms with Gasteiger partial charge in [-0.3, -0.25) is 4.79 Å². The van der Waals surface area contributed by atoms with Crippen LogP contribution in [0.25, 0.3) is 0 Å². The van der Waals surface area contributed by atoms with Crippen LogP contribution in [0.4, 0.5) is 0 Å². The minimum absolute atomic E-state index is 0.0598. The number of hydrogen-bond acceptors (Lipinski definition) is 5. The zero-order valence-corrected chi connectivity index (χ0v) is 11.6. The van der Waals surface area contributed by atoms with Crippen LogP contribution in [-0.4, -0.2) is 47.2 Å². The first kappa shape index (κ1) is 11.7. The molecule has 0 radical (unpaired) electrons. The third-order valence-electron chi connectivity index (χ3n) is 6.59. The Kier molecular flexibility index (Phi) is 1.67. The van der Waals surface area contributed by atoms with Crippen LogP contribution < -0.4 is 0 Å². The molecule has 0 aromatic carbocycles. The van der Waals surface area contributed by atoms with Gasteiger partial charge in [-0.2, -0.15) is 0 Å². The molecular weight excluding hydrogens is 260 g/mol. The molecule has 5 nitrogen and oxygen atoms in total. The smallest absolute Gasteiger partial charge is 0.313 e. The molecule has 1 spiro atoms. The van der Waals surface area contributed by atoms with Crippen LogP contribution in [0.3, 0.4) is 0 Å². The lowest BCUT2D eigenvalue weighted by atomic mass is 9.54. The molecule has 0 aromatic rings. The second kappa shape index (κ2) is 2.85. The van der Waals surface area contributed by atoms with Crippen molar-refractivity contribution in [3.05, 3.63) is 12.2 Å². The van der Waals surface area contributed by atoms with Crippen LogP contribution in [0.5, 0.6) is 0 Å².